The third-order valence-corrected chi connectivity index (χ3v) is 2.24. The zero-order valence-corrected chi connectivity index (χ0v) is 11.3. The highest BCUT2D eigenvalue weighted by atomic mass is 16.5. The molecule has 0 saturated heterocycles. The van der Waals surface area contributed by atoms with E-state index in [9.17, 15) is 4.79 Å². The number of carbonyl (C=O) groups excluding carboxylic acids is 1. The molecule has 1 amide bonds. The molecule has 0 aromatic rings. The summed E-state index contributed by atoms with van der Waals surface area (Å²) in [6.45, 7) is 8.50. The van der Waals surface area contributed by atoms with Crippen LogP contribution in [0.25, 0.3) is 0 Å². The highest BCUT2D eigenvalue weighted by Gasteiger charge is 2.03. The lowest BCUT2D eigenvalue weighted by Gasteiger charge is -2.13. The molecule has 0 rings (SSSR count). The van der Waals surface area contributed by atoms with E-state index in [0.717, 1.165) is 19.6 Å². The van der Waals surface area contributed by atoms with Gasteiger partial charge in [-0.05, 0) is 20.0 Å². The number of hydrogen-bond donors (Lipinski definition) is 1. The third-order valence-electron chi connectivity index (χ3n) is 2.24. The van der Waals surface area contributed by atoms with Gasteiger partial charge in [0.2, 0.25) is 5.91 Å². The van der Waals surface area contributed by atoms with Gasteiger partial charge in [0.1, 0.15) is 0 Å². The van der Waals surface area contributed by atoms with Crippen LogP contribution < -0.4 is 5.32 Å². The maximum atomic E-state index is 11.4. The fourth-order valence-electron chi connectivity index (χ4n) is 1.14. The van der Waals surface area contributed by atoms with Crippen LogP contribution in [0.3, 0.4) is 0 Å². The normalized spacial score (nSPS) is 10.8. The van der Waals surface area contributed by atoms with Crippen molar-refractivity contribution >= 4 is 5.91 Å². The van der Waals surface area contributed by atoms with E-state index in [1.54, 1.807) is 0 Å². The first-order valence-electron chi connectivity index (χ1n) is 6.31. The number of nitrogens with one attached hydrogen (secondary N) is 1. The van der Waals surface area contributed by atoms with E-state index in [1.165, 1.54) is 0 Å². The van der Waals surface area contributed by atoms with Gasteiger partial charge in [0.15, 0.2) is 0 Å². The lowest BCUT2D eigenvalue weighted by molar-refractivity contribution is -0.122. The number of hydrogen-bond acceptors (Lipinski definition) is 4. The standard InChI is InChI=1S/C12H26N2O3/c1-4-7-16-9-10-17-8-6-13-12(15)11-14(3)5-2/h4-11H2,1-3H3,(H,13,15). The number of rotatable bonds is 11. The maximum Gasteiger partial charge on any atom is 0.234 e. The van der Waals surface area contributed by atoms with Gasteiger partial charge in [0.05, 0.1) is 26.4 Å². The maximum absolute atomic E-state index is 11.4. The van der Waals surface area contributed by atoms with E-state index in [2.05, 4.69) is 12.2 Å². The molecule has 1 N–H and O–H groups in total. The van der Waals surface area contributed by atoms with Gasteiger partial charge < -0.3 is 14.8 Å². The minimum absolute atomic E-state index is 0.0418. The minimum Gasteiger partial charge on any atom is -0.379 e. The molecule has 5 nitrogen and oxygen atoms in total. The van der Waals surface area contributed by atoms with Gasteiger partial charge >= 0.3 is 0 Å². The van der Waals surface area contributed by atoms with Crippen LogP contribution >= 0.6 is 0 Å². The predicted molar refractivity (Wildman–Crippen MR) is 68.1 cm³/mol. The first-order chi connectivity index (χ1) is 8.20. The molecule has 0 unspecified atom stereocenters. The van der Waals surface area contributed by atoms with Gasteiger partial charge in [-0.2, -0.15) is 0 Å². The van der Waals surface area contributed by atoms with E-state index in [1.807, 2.05) is 18.9 Å². The summed E-state index contributed by atoms with van der Waals surface area (Å²) in [7, 11) is 1.92. The fraction of sp³-hybridized carbons (Fsp3) is 0.917. The molecule has 17 heavy (non-hydrogen) atoms. The number of nitrogens with zero attached hydrogens (tertiary/aromatic N) is 1. The van der Waals surface area contributed by atoms with E-state index >= 15 is 0 Å². The summed E-state index contributed by atoms with van der Waals surface area (Å²) in [4.78, 5) is 13.3. The molecule has 0 atom stereocenters. The van der Waals surface area contributed by atoms with Crippen LogP contribution in [0.5, 0.6) is 0 Å². The number of amides is 1. The summed E-state index contributed by atoms with van der Waals surface area (Å²) < 4.78 is 10.6. The van der Waals surface area contributed by atoms with Crippen molar-refractivity contribution in [2.45, 2.75) is 20.3 Å². The van der Waals surface area contributed by atoms with Crippen molar-refractivity contribution in [3.63, 3.8) is 0 Å². The number of ether oxygens (including phenoxy) is 2. The number of carbonyl (C=O) groups is 1. The zero-order valence-electron chi connectivity index (χ0n) is 11.3. The molecule has 0 spiro atoms. The van der Waals surface area contributed by atoms with Crippen LogP contribution in [0.1, 0.15) is 20.3 Å². The quantitative estimate of drug-likeness (QED) is 0.539. The zero-order chi connectivity index (χ0) is 12.9. The molecule has 5 heteroatoms. The lowest BCUT2D eigenvalue weighted by atomic mass is 10.5. The van der Waals surface area contributed by atoms with Crippen LogP contribution in [0.2, 0.25) is 0 Å². The molecule has 0 aromatic carbocycles. The van der Waals surface area contributed by atoms with E-state index in [0.29, 0.717) is 32.9 Å². The fourth-order valence-corrected chi connectivity index (χ4v) is 1.14. The average molecular weight is 246 g/mol. The Bertz CT molecular complexity index is 189. The lowest BCUT2D eigenvalue weighted by Crippen LogP contribution is -2.36. The molecule has 0 aliphatic heterocycles. The Labute approximate surface area is 104 Å². The second-order valence-electron chi connectivity index (χ2n) is 3.91. The van der Waals surface area contributed by atoms with Crippen molar-refractivity contribution in [2.75, 3.05) is 53.1 Å². The molecular weight excluding hydrogens is 220 g/mol. The van der Waals surface area contributed by atoms with E-state index < -0.39 is 0 Å². The molecule has 0 aliphatic rings. The van der Waals surface area contributed by atoms with Gasteiger partial charge in [0, 0.05) is 13.2 Å². The summed E-state index contributed by atoms with van der Waals surface area (Å²) in [5.74, 6) is 0.0418. The Morgan fingerprint density at radius 2 is 1.76 bits per heavy atom. The molecule has 0 saturated carbocycles. The summed E-state index contributed by atoms with van der Waals surface area (Å²) >= 11 is 0. The molecule has 0 radical (unpaired) electrons. The van der Waals surface area contributed by atoms with Crippen LogP contribution in [0.4, 0.5) is 0 Å². The number of likely N-dealkylation sites (N-methyl/N-ethyl adjacent to an activating group) is 1. The summed E-state index contributed by atoms with van der Waals surface area (Å²) in [5, 5.41) is 2.80. The minimum atomic E-state index is 0.0418. The molecule has 0 bridgehead atoms. The molecule has 0 fully saturated rings. The van der Waals surface area contributed by atoms with Crippen LogP contribution in [-0.4, -0.2) is 63.9 Å². The first kappa shape index (κ1) is 16.4. The van der Waals surface area contributed by atoms with Gasteiger partial charge in [0.25, 0.3) is 0 Å². The topological polar surface area (TPSA) is 50.8 Å². The van der Waals surface area contributed by atoms with Crippen molar-refractivity contribution in [3.05, 3.63) is 0 Å². The SMILES string of the molecule is CCCOCCOCCNC(=O)CN(C)CC. The summed E-state index contributed by atoms with van der Waals surface area (Å²) in [6.07, 6.45) is 1.03. The summed E-state index contributed by atoms with van der Waals surface area (Å²) in [5.41, 5.74) is 0. The molecule has 0 aliphatic carbocycles. The average Bonchev–Trinajstić information content (AvgIpc) is 2.32. The van der Waals surface area contributed by atoms with Gasteiger partial charge in [-0.25, -0.2) is 0 Å². The Hall–Kier alpha value is -0.650. The Morgan fingerprint density at radius 1 is 1.12 bits per heavy atom. The third kappa shape index (κ3) is 11.6. The van der Waals surface area contributed by atoms with Crippen LogP contribution in [0.15, 0.2) is 0 Å². The monoisotopic (exact) mass is 246 g/mol. The van der Waals surface area contributed by atoms with Crippen molar-refractivity contribution in [3.8, 4) is 0 Å². The van der Waals surface area contributed by atoms with Crippen molar-refractivity contribution < 1.29 is 14.3 Å². The second kappa shape index (κ2) is 11.8. The molecular formula is C12H26N2O3. The van der Waals surface area contributed by atoms with Crippen LogP contribution in [-0.2, 0) is 14.3 Å². The predicted octanol–water partition coefficient (Wildman–Crippen LogP) is 0.498. The van der Waals surface area contributed by atoms with Gasteiger partial charge in [-0.15, -0.1) is 0 Å². The van der Waals surface area contributed by atoms with Crippen LogP contribution in [0, 0.1) is 0 Å². The molecule has 0 aromatic heterocycles. The molecule has 0 heterocycles. The van der Waals surface area contributed by atoms with Gasteiger partial charge in [-0.1, -0.05) is 13.8 Å². The Kier molecular flexibility index (Phi) is 11.4. The first-order valence-corrected chi connectivity index (χ1v) is 6.31. The molecule has 102 valence electrons. The Morgan fingerprint density at radius 3 is 2.35 bits per heavy atom. The van der Waals surface area contributed by atoms with E-state index in [4.69, 9.17) is 9.47 Å². The Balaban J connectivity index is 3.19. The second-order valence-corrected chi connectivity index (χ2v) is 3.91. The smallest absolute Gasteiger partial charge is 0.234 e. The highest BCUT2D eigenvalue weighted by molar-refractivity contribution is 5.77. The van der Waals surface area contributed by atoms with E-state index in [-0.39, 0.29) is 5.91 Å². The van der Waals surface area contributed by atoms with Crippen molar-refractivity contribution in [1.29, 1.82) is 0 Å². The van der Waals surface area contributed by atoms with Gasteiger partial charge in [-0.3, -0.25) is 9.69 Å². The largest absolute Gasteiger partial charge is 0.379 e. The summed E-state index contributed by atoms with van der Waals surface area (Å²) in [6, 6.07) is 0. The highest BCUT2D eigenvalue weighted by Crippen LogP contribution is 1.82. The van der Waals surface area contributed by atoms with Crippen molar-refractivity contribution in [2.24, 2.45) is 0 Å². The van der Waals surface area contributed by atoms with Crippen molar-refractivity contribution in [1.82, 2.24) is 10.2 Å².